The maximum absolute atomic E-state index is 13.1. The Morgan fingerprint density at radius 2 is 0.546 bits per heavy atom. The standard InChI is InChI=1S/C42H75N4O21P.C36H67N4O19P.2CH4/c1-25(49)45-32-36(55)34(53)30(21-47)64-38(32)60-19-9-7-13-27(51)15-11-17-43-40(57)62-23-29(66-68(6,59)67-42(3,4)5)24-63-41(58)44-18-12-16-28(52)14-8-10-20-61-39-33(46-26(2)50)37(56)35(54)31(22-48)65-39;1-21(43)39-26-30(47)28(45)24(17-41)56-32(26)52-15-11-7-9-13-37-34(49)54-19-23(58-60(6,51)59-36(3,4)5)20-55-35(50)38-14-10-8-12-16-53-33-27(40-22(2)44)31(48)29(46)25(18-42)57-33;;/h29-39,47-48,53-56H,7-24H2,1-6H3,(H,43,57)(H,44,58)(H,45,49)(H,46,50);23-33,41-42,45-48H,7-20H2,1-6H3,(H,37,49)(H,38,50)(H,39,43)(H,40,44);2*1H4/t30-,31-,32-,33-,34+,35+,36-,37-,38-,39-,68?;24-,25-,26-,27-,28+,29+,30-,31-,32-,33-,60?;;/m11../s1. The summed E-state index contributed by atoms with van der Waals surface area (Å²) in [7, 11) is -7.47. The van der Waals surface area contributed by atoms with E-state index < -0.39 is 262 Å². The van der Waals surface area contributed by atoms with E-state index in [1.165, 1.54) is 41.0 Å². The second-order valence-electron chi connectivity index (χ2n) is 33.0. The molecule has 130 heavy (non-hydrogen) atoms. The number of nitrogens with one attached hydrogen (secondary N) is 8. The minimum absolute atomic E-state index is 0. The average Bonchev–Trinajstić information content (AvgIpc) is 0.818. The van der Waals surface area contributed by atoms with Crippen molar-refractivity contribution in [1.82, 2.24) is 42.5 Å². The van der Waals surface area contributed by atoms with Gasteiger partial charge in [-0.25, -0.2) is 19.2 Å². The molecule has 4 fully saturated rings. The van der Waals surface area contributed by atoms with E-state index in [1.54, 1.807) is 41.5 Å². The predicted octanol–water partition coefficient (Wildman–Crippen LogP) is -0.583. The molecule has 2 unspecified atom stereocenters. The SMILES string of the molecule is C.C.CC(=O)N[C@H]1[C@H](OCCCCC(=O)CCCNC(=O)OCC(COC(=O)NCCCC(=O)CCCCO[C@@H]2O[C@H](CO)[C@H](O)[C@H](O)[C@H]2NC(C)=O)OP(C)(=O)OC(C)(C)C)O[C@H](CO)[C@H](O)[C@@H]1O.CC(=O)N[C@H]1[C@H](OCCCCCNC(=O)OCC(COC(=O)NCCCCCO[C@@H]2O[C@H](CO)[C@H](O)[C@H](O)[C@H]2NC(C)=O)OP(C)(=O)OC(C)(C)C)O[C@H](CO)[C@H](O)[C@@H]1O. The lowest BCUT2D eigenvalue weighted by Crippen LogP contribution is -2.64. The van der Waals surface area contributed by atoms with Gasteiger partial charge in [0.25, 0.3) is 0 Å². The molecule has 0 radical (unpaired) electrons. The summed E-state index contributed by atoms with van der Waals surface area (Å²) in [5, 5.41) is 140. The first-order valence-corrected chi connectivity index (χ1v) is 46.8. The third kappa shape index (κ3) is 49.3. The van der Waals surface area contributed by atoms with Gasteiger partial charge < -0.3 is 170 Å². The topological polar surface area (TPSA) is 692 Å². The molecule has 50 heteroatoms. The Balaban J connectivity index is 0.00000129. The highest BCUT2D eigenvalue weighted by atomic mass is 31.2. The number of carbonyl (C=O) groups excluding carboxylic acids is 10. The predicted molar refractivity (Wildman–Crippen MR) is 459 cm³/mol. The maximum Gasteiger partial charge on any atom is 0.407 e. The number of unbranched alkanes of at least 4 members (excludes halogenated alkanes) is 6. The Hall–Kier alpha value is -6.20. The summed E-state index contributed by atoms with van der Waals surface area (Å²) in [6.07, 6.45) is -19.9. The second kappa shape index (κ2) is 63.2. The Kier molecular flexibility index (Phi) is 59.2. The van der Waals surface area contributed by atoms with Gasteiger partial charge in [-0.15, -0.1) is 0 Å². The van der Waals surface area contributed by atoms with Gasteiger partial charge >= 0.3 is 39.6 Å². The monoisotopic (exact) mass is 1920 g/mol. The molecule has 0 spiro atoms. The molecule has 0 aromatic rings. The summed E-state index contributed by atoms with van der Waals surface area (Å²) in [6, 6.07) is -4.24. The number of amides is 8. The van der Waals surface area contributed by atoms with Crippen LogP contribution in [0.3, 0.4) is 0 Å². The van der Waals surface area contributed by atoms with Crippen molar-refractivity contribution in [2.24, 2.45) is 0 Å². The maximum atomic E-state index is 13.1. The molecule has 4 aliphatic heterocycles. The third-order valence-corrected chi connectivity index (χ3v) is 22.1. The van der Waals surface area contributed by atoms with Crippen LogP contribution in [-0.2, 0) is 113 Å². The molecule has 0 bridgehead atoms. The van der Waals surface area contributed by atoms with Gasteiger partial charge in [0.1, 0.15) is 148 Å². The molecule has 4 heterocycles. The zero-order chi connectivity index (χ0) is 96.1. The zero-order valence-corrected chi connectivity index (χ0v) is 76.8. The summed E-state index contributed by atoms with van der Waals surface area (Å²) in [5.74, 6) is -2.06. The van der Waals surface area contributed by atoms with Crippen LogP contribution >= 0.6 is 15.2 Å². The van der Waals surface area contributed by atoms with E-state index in [4.69, 9.17) is 74.9 Å². The summed E-state index contributed by atoms with van der Waals surface area (Å²) < 4.78 is 114. The fourth-order valence-electron chi connectivity index (χ4n) is 13.2. The highest BCUT2D eigenvalue weighted by molar-refractivity contribution is 7.53. The number of hydrogen-bond donors (Lipinski definition) is 20. The number of hydrogen-bond acceptors (Lipinski definition) is 40. The van der Waals surface area contributed by atoms with Crippen LogP contribution in [0, 0.1) is 0 Å². The lowest BCUT2D eigenvalue weighted by molar-refractivity contribution is -0.270. The van der Waals surface area contributed by atoms with E-state index in [1.807, 2.05) is 0 Å². The van der Waals surface area contributed by atoms with Crippen LogP contribution in [0.5, 0.6) is 0 Å². The van der Waals surface area contributed by atoms with Crippen molar-refractivity contribution in [3.63, 3.8) is 0 Å². The summed E-state index contributed by atoms with van der Waals surface area (Å²) >= 11 is 0. The molecule has 0 aromatic heterocycles. The number of ether oxygens (including phenoxy) is 12. The van der Waals surface area contributed by atoms with Crippen molar-refractivity contribution in [3.05, 3.63) is 0 Å². The van der Waals surface area contributed by atoms with E-state index in [9.17, 15) is 118 Å². The minimum Gasteiger partial charge on any atom is -0.447 e. The smallest absolute Gasteiger partial charge is 0.407 e. The Morgan fingerprint density at radius 3 is 0.762 bits per heavy atom. The summed E-state index contributed by atoms with van der Waals surface area (Å²) in [6.45, 7) is 14.4. The third-order valence-electron chi connectivity index (χ3n) is 19.0. The van der Waals surface area contributed by atoms with Gasteiger partial charge in [-0.05, 0) is 119 Å². The summed E-state index contributed by atoms with van der Waals surface area (Å²) in [4.78, 5) is 121. The molecule has 20 N–H and O–H groups in total. The Labute approximate surface area is 759 Å². The van der Waals surface area contributed by atoms with Crippen LogP contribution in [0.2, 0.25) is 0 Å². The van der Waals surface area contributed by atoms with Crippen molar-refractivity contribution in [2.75, 3.05) is 119 Å². The molecule has 4 saturated heterocycles. The number of carbonyl (C=O) groups is 10. The average molecular weight is 1930 g/mol. The molecular formula is C80H150N8O40P2. The normalized spacial score (nSPS) is 26.5. The molecule has 4 rings (SSSR count). The van der Waals surface area contributed by atoms with Gasteiger partial charge in [0.15, 0.2) is 25.2 Å². The lowest BCUT2D eigenvalue weighted by atomic mass is 9.97. The van der Waals surface area contributed by atoms with Crippen molar-refractivity contribution in [1.29, 1.82) is 0 Å². The van der Waals surface area contributed by atoms with Crippen molar-refractivity contribution in [3.8, 4) is 0 Å². The highest BCUT2D eigenvalue weighted by Gasteiger charge is 2.50. The number of ketones is 2. The summed E-state index contributed by atoms with van der Waals surface area (Å²) in [5.41, 5.74) is -1.71. The van der Waals surface area contributed by atoms with Crippen LogP contribution in [0.15, 0.2) is 0 Å². The van der Waals surface area contributed by atoms with Crippen LogP contribution in [-0.4, -0.2) is 386 Å². The van der Waals surface area contributed by atoms with Gasteiger partial charge in [0.05, 0.1) is 37.6 Å². The first-order chi connectivity index (χ1) is 60.1. The molecular weight excluding hydrogens is 1770 g/mol. The molecule has 0 aliphatic carbocycles. The highest BCUT2D eigenvalue weighted by Crippen LogP contribution is 2.50. The molecule has 22 atom stereocenters. The van der Waals surface area contributed by atoms with Crippen LogP contribution in [0.1, 0.15) is 187 Å². The van der Waals surface area contributed by atoms with E-state index in [-0.39, 0.29) is 105 Å². The van der Waals surface area contributed by atoms with Crippen molar-refractivity contribution in [2.45, 2.75) is 333 Å². The van der Waals surface area contributed by atoms with Gasteiger partial charge in [0, 0.05) is 119 Å². The number of Topliss-reactive ketones (excluding diaryl/α,β-unsaturated/α-hetero) is 2. The second-order valence-corrected chi connectivity index (χ2v) is 36.9. The number of aliphatic hydroxyl groups is 12. The first-order valence-electron chi connectivity index (χ1n) is 42.8. The van der Waals surface area contributed by atoms with Crippen LogP contribution < -0.4 is 42.5 Å². The number of rotatable bonds is 56. The zero-order valence-electron chi connectivity index (χ0n) is 75.0. The molecule has 48 nitrogen and oxygen atoms in total. The van der Waals surface area contributed by atoms with E-state index in [2.05, 4.69) is 42.5 Å². The van der Waals surface area contributed by atoms with Gasteiger partial charge in [-0.1, -0.05) is 14.9 Å². The first kappa shape index (κ1) is 122. The minimum atomic E-state index is -3.75. The van der Waals surface area contributed by atoms with Crippen molar-refractivity contribution >= 4 is 74.8 Å². The van der Waals surface area contributed by atoms with Crippen molar-refractivity contribution < 1.29 is 193 Å². The quantitative estimate of drug-likeness (QED) is 0.0206. The Morgan fingerprint density at radius 1 is 0.331 bits per heavy atom. The van der Waals surface area contributed by atoms with Crippen LogP contribution in [0.25, 0.3) is 0 Å². The Bertz CT molecular complexity index is 3230. The largest absolute Gasteiger partial charge is 0.447 e. The van der Waals surface area contributed by atoms with E-state index >= 15 is 0 Å². The molecule has 0 aromatic carbocycles. The number of aliphatic hydroxyl groups excluding tert-OH is 12. The van der Waals surface area contributed by atoms with Gasteiger partial charge in [0.2, 0.25) is 23.6 Å². The molecule has 4 aliphatic rings. The van der Waals surface area contributed by atoms with Crippen LogP contribution in [0.4, 0.5) is 19.2 Å². The van der Waals surface area contributed by atoms with Gasteiger partial charge in [-0.2, -0.15) is 0 Å². The lowest BCUT2D eigenvalue weighted by Gasteiger charge is -2.42. The van der Waals surface area contributed by atoms with E-state index in [0.717, 1.165) is 0 Å². The fourth-order valence-corrected chi connectivity index (χ4v) is 16.6. The number of alkyl carbamates (subject to hydrolysis) is 4. The van der Waals surface area contributed by atoms with E-state index in [0.29, 0.717) is 77.0 Å². The molecule has 0 saturated carbocycles. The fraction of sp³-hybridized carbons (Fsp3) is 0.875. The molecule has 760 valence electrons. The van der Waals surface area contributed by atoms with Gasteiger partial charge in [-0.3, -0.25) is 46.9 Å². The molecule has 8 amide bonds.